The summed E-state index contributed by atoms with van der Waals surface area (Å²) in [6.07, 6.45) is -1.07. The number of amides is 2. The van der Waals surface area contributed by atoms with E-state index in [4.69, 9.17) is 17.3 Å². The van der Waals surface area contributed by atoms with Gasteiger partial charge in [-0.05, 0) is 42.0 Å². The van der Waals surface area contributed by atoms with E-state index < -0.39 is 6.09 Å². The number of carbonyl (C=O) groups excluding carboxylic acids is 1. The Labute approximate surface area is 138 Å². The van der Waals surface area contributed by atoms with E-state index in [9.17, 15) is 9.59 Å². The quantitative estimate of drug-likeness (QED) is 0.647. The minimum Gasteiger partial charge on any atom is -0.465 e. The van der Waals surface area contributed by atoms with Crippen LogP contribution in [0.1, 0.15) is 15.9 Å². The molecule has 2 amide bonds. The van der Waals surface area contributed by atoms with E-state index in [0.29, 0.717) is 11.3 Å². The zero-order valence-corrected chi connectivity index (χ0v) is 12.9. The predicted octanol–water partition coefficient (Wildman–Crippen LogP) is 2.58. The van der Waals surface area contributed by atoms with Gasteiger partial charge < -0.3 is 15.7 Å². The van der Waals surface area contributed by atoms with Crippen molar-refractivity contribution in [2.24, 2.45) is 0 Å². The van der Waals surface area contributed by atoms with Gasteiger partial charge in [-0.25, -0.2) is 4.79 Å². The minimum absolute atomic E-state index is 0.190. The third-order valence-corrected chi connectivity index (χ3v) is 3.12. The highest BCUT2D eigenvalue weighted by atomic mass is 32.1. The highest BCUT2D eigenvalue weighted by Crippen LogP contribution is 2.09. The average Bonchev–Trinajstić information content (AvgIpc) is 2.55. The molecule has 2 aromatic rings. The minimum atomic E-state index is -1.07. The summed E-state index contributed by atoms with van der Waals surface area (Å²) in [6.45, 7) is 0.227. The van der Waals surface area contributed by atoms with Crippen molar-refractivity contribution in [1.29, 1.82) is 0 Å². The fourth-order valence-electron chi connectivity index (χ4n) is 1.81. The van der Waals surface area contributed by atoms with Gasteiger partial charge in [-0.15, -0.1) is 0 Å². The molecule has 0 saturated carbocycles. The van der Waals surface area contributed by atoms with Crippen LogP contribution in [0.25, 0.3) is 0 Å². The van der Waals surface area contributed by atoms with Gasteiger partial charge in [0.15, 0.2) is 5.11 Å². The van der Waals surface area contributed by atoms with Gasteiger partial charge in [0.25, 0.3) is 5.91 Å². The molecule has 6 nitrogen and oxygen atoms in total. The average molecular weight is 329 g/mol. The van der Waals surface area contributed by atoms with Crippen molar-refractivity contribution in [3.8, 4) is 0 Å². The molecule has 0 heterocycles. The molecular formula is C16H15N3O3S. The summed E-state index contributed by atoms with van der Waals surface area (Å²) in [6, 6.07) is 15.8. The third-order valence-electron chi connectivity index (χ3n) is 2.92. The first kappa shape index (κ1) is 16.4. The van der Waals surface area contributed by atoms with E-state index in [2.05, 4.69) is 16.0 Å². The molecule has 0 radical (unpaired) electrons. The molecule has 0 aliphatic heterocycles. The number of carboxylic acid groups (broad SMARTS) is 1. The number of nitrogens with one attached hydrogen (secondary N) is 3. The van der Waals surface area contributed by atoms with Crippen molar-refractivity contribution in [2.45, 2.75) is 6.54 Å². The van der Waals surface area contributed by atoms with Gasteiger partial charge in [0.05, 0.1) is 0 Å². The number of hydrogen-bond acceptors (Lipinski definition) is 3. The summed E-state index contributed by atoms with van der Waals surface area (Å²) in [5.74, 6) is -0.287. The molecule has 2 aromatic carbocycles. The standard InChI is InChI=1S/C16H15N3O3S/c20-14(12-4-2-1-3-5-12)19-15(23)18-13-8-6-11(7-9-13)10-17-16(21)22/h1-9,17H,10H2,(H,21,22)(H2,18,19,20,23). The Morgan fingerprint density at radius 3 is 2.26 bits per heavy atom. The van der Waals surface area contributed by atoms with E-state index in [1.165, 1.54) is 0 Å². The summed E-state index contributed by atoms with van der Waals surface area (Å²) >= 11 is 5.10. The van der Waals surface area contributed by atoms with Crippen LogP contribution in [0.15, 0.2) is 54.6 Å². The zero-order valence-electron chi connectivity index (χ0n) is 12.1. The van der Waals surface area contributed by atoms with Crippen LogP contribution in [-0.2, 0) is 6.54 Å². The Balaban J connectivity index is 1.87. The predicted molar refractivity (Wildman–Crippen MR) is 91.4 cm³/mol. The smallest absolute Gasteiger partial charge is 0.404 e. The Bertz CT molecular complexity index is 702. The maximum absolute atomic E-state index is 11.9. The highest BCUT2D eigenvalue weighted by molar-refractivity contribution is 7.80. The molecule has 23 heavy (non-hydrogen) atoms. The summed E-state index contributed by atoms with van der Waals surface area (Å²) in [5.41, 5.74) is 2.03. The van der Waals surface area contributed by atoms with Gasteiger partial charge in [-0.3, -0.25) is 10.1 Å². The second-order valence-corrected chi connectivity index (χ2v) is 5.04. The zero-order chi connectivity index (χ0) is 16.7. The number of anilines is 1. The molecular weight excluding hydrogens is 314 g/mol. The molecule has 118 valence electrons. The Hall–Kier alpha value is -2.93. The van der Waals surface area contributed by atoms with Crippen molar-refractivity contribution in [2.75, 3.05) is 5.32 Å². The van der Waals surface area contributed by atoms with Crippen LogP contribution in [0, 0.1) is 0 Å². The Morgan fingerprint density at radius 1 is 1.00 bits per heavy atom. The maximum Gasteiger partial charge on any atom is 0.404 e. The van der Waals surface area contributed by atoms with Crippen molar-refractivity contribution >= 4 is 35.0 Å². The SMILES string of the molecule is O=C(O)NCc1ccc(NC(=S)NC(=O)c2ccccc2)cc1. The molecule has 4 N–H and O–H groups in total. The number of hydrogen-bond donors (Lipinski definition) is 4. The first-order valence-corrected chi connectivity index (χ1v) is 7.18. The number of carbonyl (C=O) groups is 2. The lowest BCUT2D eigenvalue weighted by molar-refractivity contribution is 0.0977. The van der Waals surface area contributed by atoms with E-state index >= 15 is 0 Å². The van der Waals surface area contributed by atoms with Crippen LogP contribution >= 0.6 is 12.2 Å². The number of thiocarbonyl (C=S) groups is 1. The molecule has 0 unspecified atom stereocenters. The van der Waals surface area contributed by atoms with E-state index in [1.807, 2.05) is 6.07 Å². The van der Waals surface area contributed by atoms with E-state index in [1.54, 1.807) is 48.5 Å². The maximum atomic E-state index is 11.9. The Kier molecular flexibility index (Phi) is 5.65. The highest BCUT2D eigenvalue weighted by Gasteiger charge is 2.07. The van der Waals surface area contributed by atoms with Crippen LogP contribution in [-0.4, -0.2) is 22.2 Å². The molecule has 0 saturated heterocycles. The summed E-state index contributed by atoms with van der Waals surface area (Å²) < 4.78 is 0. The topological polar surface area (TPSA) is 90.5 Å². The van der Waals surface area contributed by atoms with Crippen LogP contribution in [0.2, 0.25) is 0 Å². The van der Waals surface area contributed by atoms with Gasteiger partial charge in [0, 0.05) is 17.8 Å². The monoisotopic (exact) mass is 329 g/mol. The van der Waals surface area contributed by atoms with Crippen molar-refractivity contribution < 1.29 is 14.7 Å². The Morgan fingerprint density at radius 2 is 1.65 bits per heavy atom. The van der Waals surface area contributed by atoms with Crippen molar-refractivity contribution in [1.82, 2.24) is 10.6 Å². The second kappa shape index (κ2) is 7.90. The summed E-state index contributed by atoms with van der Waals surface area (Å²) in [4.78, 5) is 22.4. The lowest BCUT2D eigenvalue weighted by Gasteiger charge is -2.10. The van der Waals surface area contributed by atoms with Crippen LogP contribution in [0.3, 0.4) is 0 Å². The molecule has 7 heteroatoms. The molecule has 0 spiro atoms. The fraction of sp³-hybridized carbons (Fsp3) is 0.0625. The second-order valence-electron chi connectivity index (χ2n) is 4.63. The molecule has 0 fully saturated rings. The van der Waals surface area contributed by atoms with Crippen molar-refractivity contribution in [3.63, 3.8) is 0 Å². The third kappa shape index (κ3) is 5.40. The molecule has 0 bridgehead atoms. The largest absolute Gasteiger partial charge is 0.465 e. The first-order valence-electron chi connectivity index (χ1n) is 6.78. The summed E-state index contributed by atoms with van der Waals surface area (Å²) in [7, 11) is 0. The van der Waals surface area contributed by atoms with Gasteiger partial charge in [-0.2, -0.15) is 0 Å². The first-order chi connectivity index (χ1) is 11.0. The van der Waals surface area contributed by atoms with Crippen LogP contribution in [0.5, 0.6) is 0 Å². The molecule has 0 aromatic heterocycles. The molecule has 0 aliphatic carbocycles. The van der Waals surface area contributed by atoms with Gasteiger partial charge in [0.2, 0.25) is 0 Å². The van der Waals surface area contributed by atoms with Gasteiger partial charge >= 0.3 is 6.09 Å². The molecule has 2 rings (SSSR count). The number of rotatable bonds is 4. The van der Waals surface area contributed by atoms with Crippen molar-refractivity contribution in [3.05, 3.63) is 65.7 Å². The van der Waals surface area contributed by atoms with Gasteiger partial charge in [-0.1, -0.05) is 30.3 Å². The molecule has 0 aliphatic rings. The number of benzene rings is 2. The van der Waals surface area contributed by atoms with Gasteiger partial charge in [0.1, 0.15) is 0 Å². The van der Waals surface area contributed by atoms with Crippen LogP contribution < -0.4 is 16.0 Å². The lowest BCUT2D eigenvalue weighted by Crippen LogP contribution is -2.34. The summed E-state index contributed by atoms with van der Waals surface area (Å²) in [5, 5.41) is 16.5. The fourth-order valence-corrected chi connectivity index (χ4v) is 2.02. The lowest BCUT2D eigenvalue weighted by atomic mass is 10.2. The van der Waals surface area contributed by atoms with E-state index in [0.717, 1.165) is 5.56 Å². The van der Waals surface area contributed by atoms with Crippen LogP contribution in [0.4, 0.5) is 10.5 Å². The normalized spacial score (nSPS) is 9.74. The van der Waals surface area contributed by atoms with E-state index in [-0.39, 0.29) is 17.6 Å². The molecule has 0 atom stereocenters.